The molecule has 2 amide bonds. The first-order valence-electron chi connectivity index (χ1n) is 6.75. The van der Waals surface area contributed by atoms with Gasteiger partial charge in [0, 0.05) is 18.8 Å². The van der Waals surface area contributed by atoms with Gasteiger partial charge in [0.25, 0.3) is 5.91 Å². The second-order valence-corrected chi connectivity index (χ2v) is 4.79. The number of anilines is 1. The van der Waals surface area contributed by atoms with Crippen LogP contribution in [0.5, 0.6) is 0 Å². The number of hydrogen-bond donors (Lipinski definition) is 3. The Labute approximate surface area is 119 Å². The van der Waals surface area contributed by atoms with Crippen molar-refractivity contribution in [2.45, 2.75) is 39.8 Å². The maximum absolute atomic E-state index is 12.2. The molecule has 1 atom stereocenters. The maximum atomic E-state index is 12.2. The normalized spacial score (nSPS) is 11.8. The molecule has 1 aromatic heterocycles. The van der Waals surface area contributed by atoms with E-state index in [9.17, 15) is 9.59 Å². The van der Waals surface area contributed by atoms with Crippen molar-refractivity contribution >= 4 is 17.6 Å². The monoisotopic (exact) mass is 278 g/mol. The van der Waals surface area contributed by atoms with Crippen LogP contribution in [0, 0.1) is 0 Å². The van der Waals surface area contributed by atoms with Crippen LogP contribution in [-0.2, 0) is 4.79 Å². The summed E-state index contributed by atoms with van der Waals surface area (Å²) in [5.41, 5.74) is 0.429. The molecule has 0 fully saturated rings. The molecule has 0 aliphatic rings. The summed E-state index contributed by atoms with van der Waals surface area (Å²) in [6.45, 7) is 7.99. The number of carbonyl (C=O) groups excluding carboxylic acids is 2. The molecule has 0 radical (unpaired) electrons. The SMILES string of the molecule is CCNc1ncccc1C(=O)NC(C)C(=O)NC(C)C. The predicted molar refractivity (Wildman–Crippen MR) is 78.6 cm³/mol. The Morgan fingerprint density at radius 2 is 1.95 bits per heavy atom. The topological polar surface area (TPSA) is 83.1 Å². The van der Waals surface area contributed by atoms with Crippen molar-refractivity contribution in [2.24, 2.45) is 0 Å². The van der Waals surface area contributed by atoms with E-state index in [4.69, 9.17) is 0 Å². The van der Waals surface area contributed by atoms with Gasteiger partial charge in [-0.05, 0) is 39.8 Å². The van der Waals surface area contributed by atoms with Gasteiger partial charge in [-0.2, -0.15) is 0 Å². The lowest BCUT2D eigenvalue weighted by Gasteiger charge is -2.17. The van der Waals surface area contributed by atoms with Crippen LogP contribution < -0.4 is 16.0 Å². The number of hydrogen-bond acceptors (Lipinski definition) is 4. The summed E-state index contributed by atoms with van der Waals surface area (Å²) in [5.74, 6) is -0.00772. The van der Waals surface area contributed by atoms with E-state index < -0.39 is 6.04 Å². The van der Waals surface area contributed by atoms with Gasteiger partial charge in [0.2, 0.25) is 5.91 Å². The zero-order valence-corrected chi connectivity index (χ0v) is 12.4. The van der Waals surface area contributed by atoms with Crippen molar-refractivity contribution in [3.05, 3.63) is 23.9 Å². The molecule has 0 bridgehead atoms. The molecular weight excluding hydrogens is 256 g/mol. The van der Waals surface area contributed by atoms with Crippen molar-refractivity contribution in [3.63, 3.8) is 0 Å². The fourth-order valence-corrected chi connectivity index (χ4v) is 1.65. The summed E-state index contributed by atoms with van der Waals surface area (Å²) < 4.78 is 0. The van der Waals surface area contributed by atoms with Crippen molar-refractivity contribution < 1.29 is 9.59 Å². The summed E-state index contributed by atoms with van der Waals surface area (Å²) in [7, 11) is 0. The molecule has 20 heavy (non-hydrogen) atoms. The average molecular weight is 278 g/mol. The molecule has 110 valence electrons. The van der Waals surface area contributed by atoms with Crippen LogP contribution in [-0.4, -0.2) is 35.4 Å². The summed E-state index contributed by atoms with van der Waals surface area (Å²) in [6.07, 6.45) is 1.61. The smallest absolute Gasteiger partial charge is 0.255 e. The second-order valence-electron chi connectivity index (χ2n) is 4.79. The Morgan fingerprint density at radius 1 is 1.25 bits per heavy atom. The third-order valence-electron chi connectivity index (χ3n) is 2.57. The predicted octanol–water partition coefficient (Wildman–Crippen LogP) is 1.16. The summed E-state index contributed by atoms with van der Waals surface area (Å²) in [6, 6.07) is 2.80. The first kappa shape index (κ1) is 15.9. The number of amides is 2. The zero-order chi connectivity index (χ0) is 15.1. The van der Waals surface area contributed by atoms with Crippen LogP contribution in [0.3, 0.4) is 0 Å². The minimum atomic E-state index is -0.598. The van der Waals surface area contributed by atoms with Gasteiger partial charge in [0.1, 0.15) is 11.9 Å². The molecule has 0 saturated heterocycles. The average Bonchev–Trinajstić information content (AvgIpc) is 2.38. The van der Waals surface area contributed by atoms with E-state index in [1.807, 2.05) is 20.8 Å². The van der Waals surface area contributed by atoms with Crippen LogP contribution in [0.4, 0.5) is 5.82 Å². The molecule has 3 N–H and O–H groups in total. The molecule has 6 heteroatoms. The van der Waals surface area contributed by atoms with Crippen LogP contribution in [0.1, 0.15) is 38.1 Å². The Hall–Kier alpha value is -2.11. The zero-order valence-electron chi connectivity index (χ0n) is 12.4. The first-order valence-corrected chi connectivity index (χ1v) is 6.75. The highest BCUT2D eigenvalue weighted by atomic mass is 16.2. The second kappa shape index (κ2) is 7.47. The van der Waals surface area contributed by atoms with E-state index in [1.54, 1.807) is 25.3 Å². The third-order valence-corrected chi connectivity index (χ3v) is 2.57. The molecular formula is C14H22N4O2. The standard InChI is InChI=1S/C14H22N4O2/c1-5-15-12-11(7-6-8-16-12)14(20)18-10(4)13(19)17-9(2)3/h6-10H,5H2,1-4H3,(H,15,16)(H,17,19)(H,18,20). The first-order chi connectivity index (χ1) is 9.45. The number of nitrogens with one attached hydrogen (secondary N) is 3. The van der Waals surface area contributed by atoms with Crippen molar-refractivity contribution in [2.75, 3.05) is 11.9 Å². The molecule has 0 aromatic carbocycles. The fraction of sp³-hybridized carbons (Fsp3) is 0.500. The Morgan fingerprint density at radius 3 is 2.55 bits per heavy atom. The van der Waals surface area contributed by atoms with Crippen molar-refractivity contribution in [1.82, 2.24) is 15.6 Å². The summed E-state index contributed by atoms with van der Waals surface area (Å²) in [4.78, 5) is 28.1. The molecule has 1 rings (SSSR count). The number of nitrogens with zero attached hydrogens (tertiary/aromatic N) is 1. The lowest BCUT2D eigenvalue weighted by atomic mass is 10.2. The molecule has 0 saturated carbocycles. The minimum Gasteiger partial charge on any atom is -0.370 e. The summed E-state index contributed by atoms with van der Waals surface area (Å²) >= 11 is 0. The van der Waals surface area contributed by atoms with E-state index >= 15 is 0 Å². The Bertz CT molecular complexity index is 474. The van der Waals surface area contributed by atoms with Crippen LogP contribution in [0.2, 0.25) is 0 Å². The number of carbonyl (C=O) groups is 2. The van der Waals surface area contributed by atoms with Crippen molar-refractivity contribution in [1.29, 1.82) is 0 Å². The molecule has 1 heterocycles. The quantitative estimate of drug-likeness (QED) is 0.729. The van der Waals surface area contributed by atoms with Gasteiger partial charge < -0.3 is 16.0 Å². The molecule has 6 nitrogen and oxygen atoms in total. The van der Waals surface area contributed by atoms with Crippen molar-refractivity contribution in [3.8, 4) is 0 Å². The molecule has 0 aliphatic heterocycles. The number of pyridine rings is 1. The van der Waals surface area contributed by atoms with Gasteiger partial charge in [-0.25, -0.2) is 4.98 Å². The van der Waals surface area contributed by atoms with E-state index in [1.165, 1.54) is 0 Å². The van der Waals surface area contributed by atoms with Gasteiger partial charge in [0.05, 0.1) is 5.56 Å². The van der Waals surface area contributed by atoms with E-state index in [0.29, 0.717) is 17.9 Å². The fourth-order valence-electron chi connectivity index (χ4n) is 1.65. The minimum absolute atomic E-state index is 0.0394. The van der Waals surface area contributed by atoms with Crippen LogP contribution >= 0.6 is 0 Å². The van der Waals surface area contributed by atoms with Gasteiger partial charge in [0.15, 0.2) is 0 Å². The van der Waals surface area contributed by atoms with Crippen LogP contribution in [0.25, 0.3) is 0 Å². The highest BCUT2D eigenvalue weighted by Gasteiger charge is 2.19. The molecule has 1 unspecified atom stereocenters. The Kier molecular flexibility index (Phi) is 5.96. The number of aromatic nitrogens is 1. The van der Waals surface area contributed by atoms with E-state index in [0.717, 1.165) is 0 Å². The summed E-state index contributed by atoms with van der Waals surface area (Å²) in [5, 5.41) is 8.44. The molecule has 1 aromatic rings. The van der Waals surface area contributed by atoms with Crippen LogP contribution in [0.15, 0.2) is 18.3 Å². The molecule has 0 spiro atoms. The largest absolute Gasteiger partial charge is 0.370 e. The molecule has 0 aliphatic carbocycles. The number of rotatable bonds is 6. The van der Waals surface area contributed by atoms with E-state index in [2.05, 4.69) is 20.9 Å². The highest BCUT2D eigenvalue weighted by Crippen LogP contribution is 2.11. The van der Waals surface area contributed by atoms with Gasteiger partial charge in [-0.15, -0.1) is 0 Å². The van der Waals surface area contributed by atoms with E-state index in [-0.39, 0.29) is 17.9 Å². The maximum Gasteiger partial charge on any atom is 0.255 e. The van der Waals surface area contributed by atoms with Gasteiger partial charge in [-0.1, -0.05) is 0 Å². The van der Waals surface area contributed by atoms with Gasteiger partial charge >= 0.3 is 0 Å². The lowest BCUT2D eigenvalue weighted by molar-refractivity contribution is -0.123. The lowest BCUT2D eigenvalue weighted by Crippen LogP contribution is -2.46. The third kappa shape index (κ3) is 4.53. The van der Waals surface area contributed by atoms with Gasteiger partial charge in [-0.3, -0.25) is 9.59 Å². The highest BCUT2D eigenvalue weighted by molar-refractivity contribution is 6.01. The Balaban J connectivity index is 2.73.